The van der Waals surface area contributed by atoms with E-state index >= 15 is 0 Å². The number of benzene rings is 2. The van der Waals surface area contributed by atoms with Gasteiger partial charge in [0.05, 0.1) is 5.69 Å². The number of carbonyl (C=O) groups is 1. The lowest BCUT2D eigenvalue weighted by atomic mass is 10.2. The third-order valence-electron chi connectivity index (χ3n) is 3.21. The van der Waals surface area contributed by atoms with Crippen LogP contribution >= 0.6 is 11.8 Å². The van der Waals surface area contributed by atoms with Crippen molar-refractivity contribution in [3.8, 4) is 17.2 Å². The molecule has 0 spiro atoms. The van der Waals surface area contributed by atoms with Crippen LogP contribution in [0.25, 0.3) is 11.5 Å². The highest BCUT2D eigenvalue weighted by atomic mass is 32.2. The van der Waals surface area contributed by atoms with Crippen LogP contribution in [0.2, 0.25) is 0 Å². The van der Waals surface area contributed by atoms with E-state index in [4.69, 9.17) is 9.15 Å². The van der Waals surface area contributed by atoms with E-state index in [0.29, 0.717) is 11.6 Å². The lowest BCUT2D eigenvalue weighted by Gasteiger charge is -2.10. The Bertz CT molecular complexity index is 804. The van der Waals surface area contributed by atoms with Gasteiger partial charge < -0.3 is 14.5 Å². The quantitative estimate of drug-likeness (QED) is 0.692. The summed E-state index contributed by atoms with van der Waals surface area (Å²) in [4.78, 5) is 13.0. The lowest BCUT2D eigenvalue weighted by Crippen LogP contribution is -2.20. The van der Waals surface area contributed by atoms with Crippen molar-refractivity contribution in [1.82, 2.24) is 10.2 Å². The molecule has 24 heavy (non-hydrogen) atoms. The van der Waals surface area contributed by atoms with Crippen LogP contribution in [0, 0.1) is 0 Å². The van der Waals surface area contributed by atoms with Crippen LogP contribution in [0.5, 0.6) is 5.75 Å². The molecule has 0 atom stereocenters. The Morgan fingerprint density at radius 3 is 2.71 bits per heavy atom. The van der Waals surface area contributed by atoms with Gasteiger partial charge in [-0.3, -0.25) is 4.79 Å². The molecule has 3 aromatic rings. The van der Waals surface area contributed by atoms with Crippen LogP contribution in [0.1, 0.15) is 0 Å². The number of para-hydroxylation sites is 1. The molecule has 0 aliphatic carbocycles. The minimum absolute atomic E-state index is 0.0668. The van der Waals surface area contributed by atoms with E-state index in [1.54, 1.807) is 36.0 Å². The summed E-state index contributed by atoms with van der Waals surface area (Å²) in [6, 6.07) is 14.7. The number of ether oxygens (including phenoxy) is 1. The number of thioether (sulfide) groups is 1. The number of aromatic nitrogens is 2. The smallest absolute Gasteiger partial charge is 0.262 e. The molecule has 6 nitrogen and oxygen atoms in total. The first-order valence-electron chi connectivity index (χ1n) is 7.18. The zero-order valence-corrected chi connectivity index (χ0v) is 13.7. The predicted molar refractivity (Wildman–Crippen MR) is 92.1 cm³/mol. The average molecular weight is 341 g/mol. The van der Waals surface area contributed by atoms with Crippen LogP contribution in [0.15, 0.2) is 64.2 Å². The van der Waals surface area contributed by atoms with Crippen molar-refractivity contribution in [1.29, 1.82) is 0 Å². The van der Waals surface area contributed by atoms with Crippen molar-refractivity contribution in [2.24, 2.45) is 0 Å². The summed E-state index contributed by atoms with van der Waals surface area (Å²) in [7, 11) is 0. The van der Waals surface area contributed by atoms with Crippen molar-refractivity contribution >= 4 is 23.4 Å². The zero-order chi connectivity index (χ0) is 16.8. The lowest BCUT2D eigenvalue weighted by molar-refractivity contribution is -0.118. The Morgan fingerprint density at radius 1 is 1.21 bits per heavy atom. The Morgan fingerprint density at radius 2 is 2.00 bits per heavy atom. The second kappa shape index (κ2) is 7.65. The van der Waals surface area contributed by atoms with Crippen molar-refractivity contribution in [2.45, 2.75) is 4.90 Å². The first-order chi connectivity index (χ1) is 11.8. The molecule has 7 heteroatoms. The summed E-state index contributed by atoms with van der Waals surface area (Å²) >= 11 is 1.58. The van der Waals surface area contributed by atoms with E-state index in [2.05, 4.69) is 15.5 Å². The summed E-state index contributed by atoms with van der Waals surface area (Å²) in [6.07, 6.45) is 3.24. The number of hydrogen-bond donors (Lipinski definition) is 1. The van der Waals surface area contributed by atoms with E-state index in [1.807, 2.05) is 30.5 Å². The SMILES string of the molecule is CSc1ccccc1NC(=O)COc1ccc(-c2nnco2)cc1. The van der Waals surface area contributed by atoms with Gasteiger partial charge in [-0.2, -0.15) is 0 Å². The van der Waals surface area contributed by atoms with Crippen molar-refractivity contribution < 1.29 is 13.9 Å². The van der Waals surface area contributed by atoms with Gasteiger partial charge in [-0.25, -0.2) is 0 Å². The Hall–Kier alpha value is -2.80. The van der Waals surface area contributed by atoms with Gasteiger partial charge in [-0.1, -0.05) is 12.1 Å². The topological polar surface area (TPSA) is 77.2 Å². The van der Waals surface area contributed by atoms with Gasteiger partial charge in [0.2, 0.25) is 12.3 Å². The molecule has 1 amide bonds. The van der Waals surface area contributed by atoms with Gasteiger partial charge in [0.25, 0.3) is 5.91 Å². The Kier molecular flexibility index (Phi) is 5.12. The number of anilines is 1. The Balaban J connectivity index is 1.56. The summed E-state index contributed by atoms with van der Waals surface area (Å²) in [5.74, 6) is 0.817. The highest BCUT2D eigenvalue weighted by Crippen LogP contribution is 2.24. The maximum Gasteiger partial charge on any atom is 0.262 e. The third kappa shape index (κ3) is 3.94. The van der Waals surface area contributed by atoms with Gasteiger partial charge in [0, 0.05) is 10.5 Å². The minimum Gasteiger partial charge on any atom is -0.484 e. The predicted octanol–water partition coefficient (Wildman–Crippen LogP) is 3.48. The maximum atomic E-state index is 12.0. The highest BCUT2D eigenvalue weighted by molar-refractivity contribution is 7.98. The van der Waals surface area contributed by atoms with E-state index in [-0.39, 0.29) is 12.5 Å². The molecule has 0 bridgehead atoms. The summed E-state index contributed by atoms with van der Waals surface area (Å²) in [6.45, 7) is -0.0668. The van der Waals surface area contributed by atoms with Crippen molar-refractivity contribution in [3.63, 3.8) is 0 Å². The van der Waals surface area contributed by atoms with Crippen molar-refractivity contribution in [2.75, 3.05) is 18.2 Å². The molecule has 0 aliphatic rings. The number of rotatable bonds is 6. The molecule has 0 radical (unpaired) electrons. The number of carbonyl (C=O) groups excluding carboxylic acids is 1. The molecule has 0 saturated heterocycles. The molecular formula is C17H15N3O3S. The molecular weight excluding hydrogens is 326 g/mol. The van der Waals surface area contributed by atoms with Gasteiger partial charge in [0.15, 0.2) is 6.61 Å². The normalized spacial score (nSPS) is 10.4. The van der Waals surface area contributed by atoms with Crippen LogP contribution in [-0.2, 0) is 4.79 Å². The number of hydrogen-bond acceptors (Lipinski definition) is 6. The monoisotopic (exact) mass is 341 g/mol. The van der Waals surface area contributed by atoms with Crippen LogP contribution in [-0.4, -0.2) is 29.0 Å². The largest absolute Gasteiger partial charge is 0.484 e. The van der Waals surface area contributed by atoms with Gasteiger partial charge >= 0.3 is 0 Å². The fourth-order valence-corrected chi connectivity index (χ4v) is 2.63. The highest BCUT2D eigenvalue weighted by Gasteiger charge is 2.08. The fourth-order valence-electron chi connectivity index (χ4n) is 2.08. The standard InChI is InChI=1S/C17H15N3O3S/c1-24-15-5-3-2-4-14(15)19-16(21)10-22-13-8-6-12(7-9-13)17-20-18-11-23-17/h2-9,11H,10H2,1H3,(H,19,21). The van der Waals surface area contributed by atoms with E-state index < -0.39 is 0 Å². The van der Waals surface area contributed by atoms with E-state index in [9.17, 15) is 4.79 Å². The molecule has 2 aromatic carbocycles. The first-order valence-corrected chi connectivity index (χ1v) is 8.41. The molecule has 3 rings (SSSR count). The molecule has 0 aliphatic heterocycles. The van der Waals surface area contributed by atoms with Crippen LogP contribution in [0.3, 0.4) is 0 Å². The molecule has 0 saturated carbocycles. The minimum atomic E-state index is -0.211. The Labute approximate surface area is 143 Å². The number of nitrogens with one attached hydrogen (secondary N) is 1. The second-order valence-corrected chi connectivity index (χ2v) is 5.65. The molecule has 1 heterocycles. The van der Waals surface area contributed by atoms with Crippen molar-refractivity contribution in [3.05, 3.63) is 54.9 Å². The number of nitrogens with zero attached hydrogens (tertiary/aromatic N) is 2. The average Bonchev–Trinajstić information content (AvgIpc) is 3.15. The molecule has 0 fully saturated rings. The maximum absolute atomic E-state index is 12.0. The first kappa shape index (κ1) is 16.1. The molecule has 1 aromatic heterocycles. The molecule has 0 unspecified atom stereocenters. The van der Waals surface area contributed by atoms with Gasteiger partial charge in [-0.05, 0) is 42.7 Å². The number of amides is 1. The fraction of sp³-hybridized carbons (Fsp3) is 0.118. The molecule has 1 N–H and O–H groups in total. The van der Waals surface area contributed by atoms with Gasteiger partial charge in [0.1, 0.15) is 5.75 Å². The van der Waals surface area contributed by atoms with Gasteiger partial charge in [-0.15, -0.1) is 22.0 Å². The third-order valence-corrected chi connectivity index (χ3v) is 4.01. The van der Waals surface area contributed by atoms with Crippen LogP contribution in [0.4, 0.5) is 5.69 Å². The van der Waals surface area contributed by atoms with E-state index in [1.165, 1.54) is 6.39 Å². The zero-order valence-electron chi connectivity index (χ0n) is 12.9. The second-order valence-electron chi connectivity index (χ2n) is 4.81. The summed E-state index contributed by atoms with van der Waals surface area (Å²) in [5.41, 5.74) is 1.57. The summed E-state index contributed by atoms with van der Waals surface area (Å²) in [5, 5.41) is 10.3. The summed E-state index contributed by atoms with van der Waals surface area (Å²) < 4.78 is 10.6. The van der Waals surface area contributed by atoms with E-state index in [0.717, 1.165) is 16.1 Å². The molecule has 122 valence electrons. The van der Waals surface area contributed by atoms with Crippen LogP contribution < -0.4 is 10.1 Å².